The second-order valence-corrected chi connectivity index (χ2v) is 5.87. The van der Waals surface area contributed by atoms with E-state index in [4.69, 9.17) is 0 Å². The zero-order valence-electron chi connectivity index (χ0n) is 11.6. The summed E-state index contributed by atoms with van der Waals surface area (Å²) in [6.07, 6.45) is 2.96. The molecule has 17 heavy (non-hydrogen) atoms. The molecular formula is C13H27ClN2O. The van der Waals surface area contributed by atoms with E-state index in [2.05, 4.69) is 26.1 Å². The van der Waals surface area contributed by atoms with Gasteiger partial charge in [0.2, 0.25) is 5.91 Å². The van der Waals surface area contributed by atoms with E-state index < -0.39 is 0 Å². The van der Waals surface area contributed by atoms with Crippen molar-refractivity contribution in [1.82, 2.24) is 10.2 Å². The lowest BCUT2D eigenvalue weighted by molar-refractivity contribution is -0.133. The molecule has 0 aromatic heterocycles. The first-order valence-corrected chi connectivity index (χ1v) is 6.37. The number of likely N-dealkylation sites (tertiary alicyclic amines) is 1. The number of nitrogens with zero attached hydrogens (tertiary/aromatic N) is 1. The van der Waals surface area contributed by atoms with Crippen molar-refractivity contribution in [2.75, 3.05) is 26.7 Å². The van der Waals surface area contributed by atoms with E-state index in [9.17, 15) is 4.79 Å². The van der Waals surface area contributed by atoms with Gasteiger partial charge in [0.25, 0.3) is 0 Å². The summed E-state index contributed by atoms with van der Waals surface area (Å²) in [5.41, 5.74) is 0.389. The molecule has 0 spiro atoms. The Balaban J connectivity index is 0.00000256. The highest BCUT2D eigenvalue weighted by Gasteiger charge is 2.29. The Kier molecular flexibility index (Phi) is 7.10. The summed E-state index contributed by atoms with van der Waals surface area (Å²) in [4.78, 5) is 13.8. The van der Waals surface area contributed by atoms with Gasteiger partial charge in [0.1, 0.15) is 0 Å². The Morgan fingerprint density at radius 3 is 2.24 bits per heavy atom. The first-order chi connectivity index (χ1) is 7.45. The summed E-state index contributed by atoms with van der Waals surface area (Å²) < 4.78 is 0. The molecule has 1 aliphatic rings. The minimum absolute atomic E-state index is 0. The Bertz CT molecular complexity index is 230. The number of hydrogen-bond donors (Lipinski definition) is 1. The van der Waals surface area contributed by atoms with Crippen molar-refractivity contribution < 1.29 is 4.79 Å². The van der Waals surface area contributed by atoms with Crippen LogP contribution >= 0.6 is 12.4 Å². The number of halogens is 1. The SMILES string of the molecule is CNCCC(=O)N1CCC(C(C)(C)C)CC1.Cl. The maximum atomic E-state index is 11.8. The predicted molar refractivity (Wildman–Crippen MR) is 74.6 cm³/mol. The van der Waals surface area contributed by atoms with Gasteiger partial charge in [0.15, 0.2) is 0 Å². The van der Waals surface area contributed by atoms with Crippen LogP contribution in [0.4, 0.5) is 0 Å². The summed E-state index contributed by atoms with van der Waals surface area (Å²) in [5.74, 6) is 1.07. The van der Waals surface area contributed by atoms with Gasteiger partial charge in [-0.05, 0) is 31.2 Å². The van der Waals surface area contributed by atoms with E-state index in [-0.39, 0.29) is 12.4 Å². The van der Waals surface area contributed by atoms with Crippen LogP contribution in [0.3, 0.4) is 0 Å². The minimum Gasteiger partial charge on any atom is -0.343 e. The largest absolute Gasteiger partial charge is 0.343 e. The smallest absolute Gasteiger partial charge is 0.223 e. The molecule has 0 aliphatic carbocycles. The van der Waals surface area contributed by atoms with Crippen molar-refractivity contribution in [2.45, 2.75) is 40.0 Å². The molecule has 0 aromatic carbocycles. The Morgan fingerprint density at radius 1 is 1.29 bits per heavy atom. The fourth-order valence-electron chi connectivity index (χ4n) is 2.38. The normalized spacial score (nSPS) is 17.8. The van der Waals surface area contributed by atoms with Gasteiger partial charge >= 0.3 is 0 Å². The number of piperidine rings is 1. The molecule has 1 N–H and O–H groups in total. The van der Waals surface area contributed by atoms with Crippen LogP contribution in [0.2, 0.25) is 0 Å². The molecule has 1 aliphatic heterocycles. The van der Waals surface area contributed by atoms with E-state index in [0.717, 1.165) is 38.4 Å². The van der Waals surface area contributed by atoms with Crippen LogP contribution in [0.15, 0.2) is 0 Å². The van der Waals surface area contributed by atoms with Crippen LogP contribution < -0.4 is 5.32 Å². The number of nitrogens with one attached hydrogen (secondary N) is 1. The second-order valence-electron chi connectivity index (χ2n) is 5.87. The highest BCUT2D eigenvalue weighted by Crippen LogP contribution is 2.34. The molecule has 0 bridgehead atoms. The van der Waals surface area contributed by atoms with Gasteiger partial charge in [-0.15, -0.1) is 12.4 Å². The molecule has 0 unspecified atom stereocenters. The van der Waals surface area contributed by atoms with Crippen molar-refractivity contribution >= 4 is 18.3 Å². The standard InChI is InChI=1S/C13H26N2O.ClH/c1-13(2,3)11-6-9-15(10-7-11)12(16)5-8-14-4;/h11,14H,5-10H2,1-4H3;1H. The number of carbonyl (C=O) groups excluding carboxylic acids is 1. The third-order valence-electron chi connectivity index (χ3n) is 3.66. The lowest BCUT2D eigenvalue weighted by Crippen LogP contribution is -2.42. The molecule has 1 fully saturated rings. The number of carbonyl (C=O) groups is 1. The molecule has 1 rings (SSSR count). The Morgan fingerprint density at radius 2 is 1.82 bits per heavy atom. The fraction of sp³-hybridized carbons (Fsp3) is 0.923. The molecule has 1 saturated heterocycles. The van der Waals surface area contributed by atoms with E-state index in [1.165, 1.54) is 0 Å². The van der Waals surface area contributed by atoms with Crippen molar-refractivity contribution in [3.05, 3.63) is 0 Å². The molecule has 3 nitrogen and oxygen atoms in total. The lowest BCUT2D eigenvalue weighted by atomic mass is 9.75. The van der Waals surface area contributed by atoms with Gasteiger partial charge in [-0.3, -0.25) is 4.79 Å². The maximum Gasteiger partial charge on any atom is 0.223 e. The molecule has 102 valence electrons. The van der Waals surface area contributed by atoms with Crippen LogP contribution in [0.5, 0.6) is 0 Å². The van der Waals surface area contributed by atoms with Gasteiger partial charge in [0.05, 0.1) is 0 Å². The van der Waals surface area contributed by atoms with Gasteiger partial charge in [-0.25, -0.2) is 0 Å². The van der Waals surface area contributed by atoms with Crippen molar-refractivity contribution in [1.29, 1.82) is 0 Å². The van der Waals surface area contributed by atoms with Crippen LogP contribution in [0.1, 0.15) is 40.0 Å². The van der Waals surface area contributed by atoms with Crippen molar-refractivity contribution in [2.24, 2.45) is 11.3 Å². The highest BCUT2D eigenvalue weighted by molar-refractivity contribution is 5.85. The summed E-state index contributed by atoms with van der Waals surface area (Å²) >= 11 is 0. The van der Waals surface area contributed by atoms with E-state index >= 15 is 0 Å². The summed E-state index contributed by atoms with van der Waals surface area (Å²) in [6.45, 7) is 9.59. The van der Waals surface area contributed by atoms with Crippen LogP contribution in [0.25, 0.3) is 0 Å². The molecule has 0 saturated carbocycles. The summed E-state index contributed by atoms with van der Waals surface area (Å²) in [5, 5.41) is 3.02. The molecule has 1 amide bonds. The summed E-state index contributed by atoms with van der Waals surface area (Å²) in [7, 11) is 1.89. The number of hydrogen-bond acceptors (Lipinski definition) is 2. The van der Waals surface area contributed by atoms with E-state index in [1.54, 1.807) is 0 Å². The zero-order chi connectivity index (χ0) is 12.2. The minimum atomic E-state index is 0. The van der Waals surface area contributed by atoms with Crippen LogP contribution in [-0.4, -0.2) is 37.5 Å². The van der Waals surface area contributed by atoms with Gasteiger partial charge < -0.3 is 10.2 Å². The average Bonchev–Trinajstić information content (AvgIpc) is 2.25. The third-order valence-corrected chi connectivity index (χ3v) is 3.66. The maximum absolute atomic E-state index is 11.8. The van der Waals surface area contributed by atoms with Crippen LogP contribution in [0, 0.1) is 11.3 Å². The monoisotopic (exact) mass is 262 g/mol. The van der Waals surface area contributed by atoms with Crippen molar-refractivity contribution in [3.63, 3.8) is 0 Å². The van der Waals surface area contributed by atoms with E-state index in [1.807, 2.05) is 11.9 Å². The average molecular weight is 263 g/mol. The first-order valence-electron chi connectivity index (χ1n) is 6.37. The Labute approximate surface area is 112 Å². The topological polar surface area (TPSA) is 32.3 Å². The third kappa shape index (κ3) is 5.26. The molecule has 1 heterocycles. The van der Waals surface area contributed by atoms with E-state index in [0.29, 0.717) is 17.7 Å². The highest BCUT2D eigenvalue weighted by atomic mass is 35.5. The summed E-state index contributed by atoms with van der Waals surface area (Å²) in [6, 6.07) is 0. The van der Waals surface area contributed by atoms with Crippen LogP contribution in [-0.2, 0) is 4.79 Å². The molecule has 0 atom stereocenters. The molecule has 4 heteroatoms. The molecule has 0 radical (unpaired) electrons. The molecular weight excluding hydrogens is 236 g/mol. The quantitative estimate of drug-likeness (QED) is 0.847. The second kappa shape index (κ2) is 7.22. The number of rotatable bonds is 3. The predicted octanol–water partition coefficient (Wildman–Crippen LogP) is 2.30. The fourth-order valence-corrected chi connectivity index (χ4v) is 2.38. The molecule has 0 aromatic rings. The van der Waals surface area contributed by atoms with Crippen molar-refractivity contribution in [3.8, 4) is 0 Å². The first kappa shape index (κ1) is 16.7. The zero-order valence-corrected chi connectivity index (χ0v) is 12.4. The van der Waals surface area contributed by atoms with Gasteiger partial charge in [0, 0.05) is 26.1 Å². The number of amides is 1. The van der Waals surface area contributed by atoms with Gasteiger partial charge in [-0.2, -0.15) is 0 Å². The Hall–Kier alpha value is -0.280. The van der Waals surface area contributed by atoms with Gasteiger partial charge in [-0.1, -0.05) is 20.8 Å². The lowest BCUT2D eigenvalue weighted by Gasteiger charge is -2.38.